The Balaban J connectivity index is 3.75. The Morgan fingerprint density at radius 1 is 1.45 bits per heavy atom. The summed E-state index contributed by atoms with van der Waals surface area (Å²) in [5, 5.41) is 3.51. The molecule has 0 aromatic rings. The third-order valence-electron chi connectivity index (χ3n) is 1.97. The van der Waals surface area contributed by atoms with Crippen LogP contribution in [0.1, 0.15) is 39.5 Å². The largest absolute Gasteiger partial charge is 0.386 e. The number of hydrogen-bond acceptors (Lipinski definition) is 2. The van der Waals surface area contributed by atoms with Crippen molar-refractivity contribution in [1.82, 2.24) is 0 Å². The average molecular weight is 157 g/mol. The first-order valence-corrected chi connectivity index (χ1v) is 4.29. The van der Waals surface area contributed by atoms with Gasteiger partial charge in [-0.15, -0.1) is 0 Å². The summed E-state index contributed by atoms with van der Waals surface area (Å²) in [5.74, 6) is 6.07. The van der Waals surface area contributed by atoms with Gasteiger partial charge in [0, 0.05) is 5.92 Å². The second-order valence-electron chi connectivity index (χ2n) is 2.80. The topological polar surface area (TPSA) is 64.4 Å². The summed E-state index contributed by atoms with van der Waals surface area (Å²) in [5.41, 5.74) is 5.59. The summed E-state index contributed by atoms with van der Waals surface area (Å²) >= 11 is 0. The molecule has 3 nitrogen and oxygen atoms in total. The van der Waals surface area contributed by atoms with Crippen molar-refractivity contribution in [3.63, 3.8) is 0 Å². The van der Waals surface area contributed by atoms with E-state index in [4.69, 9.17) is 11.6 Å². The molecule has 0 aromatic carbocycles. The van der Waals surface area contributed by atoms with E-state index in [1.54, 1.807) is 0 Å². The van der Waals surface area contributed by atoms with Gasteiger partial charge in [0.2, 0.25) is 0 Å². The zero-order valence-electron chi connectivity index (χ0n) is 7.51. The lowest BCUT2D eigenvalue weighted by Crippen LogP contribution is -2.24. The molecule has 0 amide bonds. The second-order valence-corrected chi connectivity index (χ2v) is 2.80. The van der Waals surface area contributed by atoms with Crippen LogP contribution in [-0.4, -0.2) is 5.84 Å². The van der Waals surface area contributed by atoms with Crippen LogP contribution in [-0.2, 0) is 0 Å². The molecule has 0 radical (unpaired) electrons. The number of hydrazone groups is 1. The second kappa shape index (κ2) is 6.01. The quantitative estimate of drug-likeness (QED) is 0.274. The van der Waals surface area contributed by atoms with Crippen molar-refractivity contribution in [2.45, 2.75) is 39.5 Å². The molecule has 0 saturated heterocycles. The van der Waals surface area contributed by atoms with E-state index < -0.39 is 0 Å². The van der Waals surface area contributed by atoms with Gasteiger partial charge in [-0.05, 0) is 12.8 Å². The predicted octanol–water partition coefficient (Wildman–Crippen LogP) is 1.43. The SMILES string of the molecule is CCCCC(CC)C(N)=NN. The Hall–Kier alpha value is -0.730. The van der Waals surface area contributed by atoms with Crippen LogP contribution in [0, 0.1) is 5.92 Å². The van der Waals surface area contributed by atoms with Crippen molar-refractivity contribution in [2.75, 3.05) is 0 Å². The third kappa shape index (κ3) is 3.86. The van der Waals surface area contributed by atoms with Gasteiger partial charge in [0.05, 0.1) is 0 Å². The summed E-state index contributed by atoms with van der Waals surface area (Å²) in [6.07, 6.45) is 4.55. The first-order chi connectivity index (χ1) is 5.26. The van der Waals surface area contributed by atoms with Crippen molar-refractivity contribution in [1.29, 1.82) is 0 Å². The molecular formula is C8H19N3. The van der Waals surface area contributed by atoms with Crippen LogP contribution < -0.4 is 11.6 Å². The van der Waals surface area contributed by atoms with Gasteiger partial charge in [0.25, 0.3) is 0 Å². The Kier molecular flexibility index (Phi) is 5.61. The molecule has 11 heavy (non-hydrogen) atoms. The molecule has 0 heterocycles. The molecule has 0 aromatic heterocycles. The van der Waals surface area contributed by atoms with Crippen LogP contribution in [0.3, 0.4) is 0 Å². The molecule has 0 aliphatic carbocycles. The summed E-state index contributed by atoms with van der Waals surface area (Å²) < 4.78 is 0. The third-order valence-corrected chi connectivity index (χ3v) is 1.97. The number of unbranched alkanes of at least 4 members (excludes halogenated alkanes) is 1. The van der Waals surface area contributed by atoms with Crippen molar-refractivity contribution in [3.8, 4) is 0 Å². The van der Waals surface area contributed by atoms with Crippen LogP contribution in [0.4, 0.5) is 0 Å². The van der Waals surface area contributed by atoms with E-state index in [0.29, 0.717) is 11.8 Å². The fraction of sp³-hybridized carbons (Fsp3) is 0.875. The molecular weight excluding hydrogens is 138 g/mol. The van der Waals surface area contributed by atoms with Crippen molar-refractivity contribution >= 4 is 5.84 Å². The fourth-order valence-corrected chi connectivity index (χ4v) is 1.12. The van der Waals surface area contributed by atoms with E-state index in [-0.39, 0.29) is 0 Å². The molecule has 3 heteroatoms. The minimum absolute atomic E-state index is 0.389. The monoisotopic (exact) mass is 157 g/mol. The van der Waals surface area contributed by atoms with Gasteiger partial charge in [0.15, 0.2) is 0 Å². The summed E-state index contributed by atoms with van der Waals surface area (Å²) in [7, 11) is 0. The van der Waals surface area contributed by atoms with Gasteiger partial charge in [-0.25, -0.2) is 0 Å². The molecule has 1 atom stereocenters. The lowest BCUT2D eigenvalue weighted by Gasteiger charge is -2.11. The molecule has 0 spiro atoms. The zero-order chi connectivity index (χ0) is 8.69. The maximum absolute atomic E-state index is 5.59. The summed E-state index contributed by atoms with van der Waals surface area (Å²) in [6.45, 7) is 4.28. The van der Waals surface area contributed by atoms with E-state index in [0.717, 1.165) is 12.8 Å². The van der Waals surface area contributed by atoms with E-state index in [1.807, 2.05) is 0 Å². The molecule has 0 rings (SSSR count). The summed E-state index contributed by atoms with van der Waals surface area (Å²) in [6, 6.07) is 0. The molecule has 0 aliphatic heterocycles. The predicted molar refractivity (Wildman–Crippen MR) is 49.1 cm³/mol. The lowest BCUT2D eigenvalue weighted by atomic mass is 9.98. The Labute approximate surface area is 68.8 Å². The van der Waals surface area contributed by atoms with Crippen LogP contribution in [0.25, 0.3) is 0 Å². The van der Waals surface area contributed by atoms with E-state index in [1.165, 1.54) is 12.8 Å². The normalized spacial score (nSPS) is 14.9. The highest BCUT2D eigenvalue weighted by molar-refractivity contribution is 5.82. The van der Waals surface area contributed by atoms with E-state index >= 15 is 0 Å². The number of nitrogens with zero attached hydrogens (tertiary/aromatic N) is 1. The van der Waals surface area contributed by atoms with Crippen LogP contribution >= 0.6 is 0 Å². The molecule has 0 bridgehead atoms. The number of hydrogen-bond donors (Lipinski definition) is 2. The minimum Gasteiger partial charge on any atom is -0.386 e. The van der Waals surface area contributed by atoms with Crippen molar-refractivity contribution in [3.05, 3.63) is 0 Å². The molecule has 1 unspecified atom stereocenters. The van der Waals surface area contributed by atoms with Gasteiger partial charge < -0.3 is 11.6 Å². The van der Waals surface area contributed by atoms with Gasteiger partial charge in [-0.3, -0.25) is 0 Å². The summed E-state index contributed by atoms with van der Waals surface area (Å²) in [4.78, 5) is 0. The Morgan fingerprint density at radius 2 is 2.09 bits per heavy atom. The molecule has 4 N–H and O–H groups in total. The van der Waals surface area contributed by atoms with Crippen LogP contribution in [0.15, 0.2) is 5.10 Å². The number of amidine groups is 1. The van der Waals surface area contributed by atoms with E-state index in [2.05, 4.69) is 18.9 Å². The first kappa shape index (κ1) is 10.3. The van der Waals surface area contributed by atoms with E-state index in [9.17, 15) is 0 Å². The highest BCUT2D eigenvalue weighted by Gasteiger charge is 2.09. The Morgan fingerprint density at radius 3 is 2.45 bits per heavy atom. The van der Waals surface area contributed by atoms with Gasteiger partial charge >= 0.3 is 0 Å². The highest BCUT2D eigenvalue weighted by atomic mass is 15.2. The van der Waals surface area contributed by atoms with Gasteiger partial charge in [-0.2, -0.15) is 5.10 Å². The molecule has 0 aliphatic rings. The minimum atomic E-state index is 0.389. The fourth-order valence-electron chi connectivity index (χ4n) is 1.12. The van der Waals surface area contributed by atoms with Crippen molar-refractivity contribution in [2.24, 2.45) is 22.6 Å². The number of nitrogens with two attached hydrogens (primary N) is 2. The maximum Gasteiger partial charge on any atom is 0.122 e. The van der Waals surface area contributed by atoms with Gasteiger partial charge in [-0.1, -0.05) is 26.7 Å². The zero-order valence-corrected chi connectivity index (χ0v) is 7.51. The molecule has 66 valence electrons. The molecule has 0 saturated carbocycles. The maximum atomic E-state index is 5.59. The highest BCUT2D eigenvalue weighted by Crippen LogP contribution is 2.11. The number of rotatable bonds is 5. The molecule has 0 fully saturated rings. The first-order valence-electron chi connectivity index (χ1n) is 4.29. The lowest BCUT2D eigenvalue weighted by molar-refractivity contribution is 0.563. The van der Waals surface area contributed by atoms with Crippen LogP contribution in [0.2, 0.25) is 0 Å². The van der Waals surface area contributed by atoms with Crippen molar-refractivity contribution < 1.29 is 0 Å². The smallest absolute Gasteiger partial charge is 0.122 e. The average Bonchev–Trinajstić information content (AvgIpc) is 2.05. The Bertz CT molecular complexity index is 121. The van der Waals surface area contributed by atoms with Gasteiger partial charge in [0.1, 0.15) is 5.84 Å². The standard InChI is InChI=1S/C8H19N3/c1-3-5-6-7(4-2)8(9)11-10/h7H,3-6,10H2,1-2H3,(H2,9,11). The van der Waals surface area contributed by atoms with Crippen LogP contribution in [0.5, 0.6) is 0 Å².